The molecular formula is C14H13BrINO2. The summed E-state index contributed by atoms with van der Waals surface area (Å²) in [7, 11) is 1.77. The molecule has 0 spiro atoms. The fourth-order valence-electron chi connectivity index (χ4n) is 1.74. The van der Waals surface area contributed by atoms with Gasteiger partial charge in [0, 0.05) is 15.1 Å². The molecular weight excluding hydrogens is 421 g/mol. The van der Waals surface area contributed by atoms with E-state index in [1.807, 2.05) is 37.3 Å². The van der Waals surface area contributed by atoms with Gasteiger partial charge >= 0.3 is 0 Å². The first-order valence-electron chi connectivity index (χ1n) is 5.73. The average molecular weight is 434 g/mol. The number of halogens is 2. The van der Waals surface area contributed by atoms with Crippen molar-refractivity contribution in [3.8, 4) is 0 Å². The van der Waals surface area contributed by atoms with Crippen LogP contribution in [0.25, 0.3) is 0 Å². The Hall–Kier alpha value is -0.820. The van der Waals surface area contributed by atoms with Crippen molar-refractivity contribution in [3.05, 3.63) is 55.5 Å². The van der Waals surface area contributed by atoms with E-state index in [0.717, 1.165) is 19.6 Å². The Labute approximate surface area is 134 Å². The van der Waals surface area contributed by atoms with E-state index < -0.39 is 0 Å². The second-order valence-electron chi connectivity index (χ2n) is 4.30. The third-order valence-corrected chi connectivity index (χ3v) is 4.06. The maximum absolute atomic E-state index is 12.4. The number of carbonyl (C=O) groups excluding carboxylic acids is 1. The second kappa shape index (κ2) is 6.09. The van der Waals surface area contributed by atoms with E-state index in [-0.39, 0.29) is 5.91 Å². The van der Waals surface area contributed by atoms with Crippen LogP contribution < -0.4 is 0 Å². The van der Waals surface area contributed by atoms with E-state index in [1.54, 1.807) is 11.9 Å². The van der Waals surface area contributed by atoms with Gasteiger partial charge in [0.2, 0.25) is 0 Å². The summed E-state index contributed by atoms with van der Waals surface area (Å²) in [6.07, 6.45) is 0. The van der Waals surface area contributed by atoms with Crippen molar-refractivity contribution in [3.63, 3.8) is 0 Å². The number of nitrogens with zero attached hydrogens (tertiary/aromatic N) is 1. The van der Waals surface area contributed by atoms with Gasteiger partial charge in [-0.2, -0.15) is 0 Å². The number of benzene rings is 1. The summed E-state index contributed by atoms with van der Waals surface area (Å²) in [5.41, 5.74) is 0.665. The molecule has 0 aliphatic rings. The van der Waals surface area contributed by atoms with Gasteiger partial charge in [0.05, 0.1) is 12.1 Å². The quantitative estimate of drug-likeness (QED) is 0.678. The van der Waals surface area contributed by atoms with E-state index in [1.165, 1.54) is 0 Å². The largest absolute Gasteiger partial charge is 0.464 e. The molecule has 0 fully saturated rings. The van der Waals surface area contributed by atoms with Crippen molar-refractivity contribution in [1.82, 2.24) is 4.90 Å². The maximum atomic E-state index is 12.4. The van der Waals surface area contributed by atoms with Gasteiger partial charge in [-0.3, -0.25) is 4.79 Å². The van der Waals surface area contributed by atoms with E-state index >= 15 is 0 Å². The number of aryl methyl sites for hydroxylation is 1. The smallest absolute Gasteiger partial charge is 0.255 e. The number of furan rings is 1. The van der Waals surface area contributed by atoms with Gasteiger partial charge in [-0.1, -0.05) is 0 Å². The van der Waals surface area contributed by atoms with Gasteiger partial charge in [-0.25, -0.2) is 0 Å². The lowest BCUT2D eigenvalue weighted by atomic mass is 10.2. The van der Waals surface area contributed by atoms with Crippen LogP contribution >= 0.6 is 38.5 Å². The Morgan fingerprint density at radius 1 is 1.37 bits per heavy atom. The van der Waals surface area contributed by atoms with Crippen molar-refractivity contribution in [2.75, 3.05) is 7.05 Å². The van der Waals surface area contributed by atoms with Crippen LogP contribution in [0.4, 0.5) is 0 Å². The molecule has 0 aliphatic heterocycles. The van der Waals surface area contributed by atoms with Crippen LogP contribution in [0.1, 0.15) is 21.9 Å². The van der Waals surface area contributed by atoms with Gasteiger partial charge in [0.25, 0.3) is 5.91 Å². The molecule has 0 radical (unpaired) electrons. The number of carbonyl (C=O) groups is 1. The van der Waals surface area contributed by atoms with Crippen LogP contribution in [-0.4, -0.2) is 17.9 Å². The molecule has 5 heteroatoms. The number of hydrogen-bond donors (Lipinski definition) is 0. The molecule has 1 amide bonds. The van der Waals surface area contributed by atoms with Crippen LogP contribution in [0.2, 0.25) is 0 Å². The Balaban J connectivity index is 2.16. The zero-order valence-electron chi connectivity index (χ0n) is 10.6. The molecule has 3 nitrogen and oxygen atoms in total. The molecule has 0 unspecified atom stereocenters. The third-order valence-electron chi connectivity index (χ3n) is 2.69. The summed E-state index contributed by atoms with van der Waals surface area (Å²) in [5, 5.41) is 0. The molecule has 2 rings (SSSR count). The minimum Gasteiger partial charge on any atom is -0.464 e. The maximum Gasteiger partial charge on any atom is 0.255 e. The highest BCUT2D eigenvalue weighted by molar-refractivity contribution is 14.1. The van der Waals surface area contributed by atoms with Crippen LogP contribution in [0, 0.1) is 10.5 Å². The minimum atomic E-state index is -0.0283. The van der Waals surface area contributed by atoms with Gasteiger partial charge < -0.3 is 9.32 Å². The molecule has 2 aromatic rings. The molecule has 1 heterocycles. The Morgan fingerprint density at radius 3 is 2.74 bits per heavy atom. The summed E-state index contributed by atoms with van der Waals surface area (Å²) in [6, 6.07) is 9.51. The Morgan fingerprint density at radius 2 is 2.11 bits per heavy atom. The fourth-order valence-corrected chi connectivity index (χ4v) is 2.65. The van der Waals surface area contributed by atoms with E-state index in [0.29, 0.717) is 12.1 Å². The molecule has 1 aromatic carbocycles. The second-order valence-corrected chi connectivity index (χ2v) is 6.40. The highest BCUT2D eigenvalue weighted by Crippen LogP contribution is 2.21. The van der Waals surface area contributed by atoms with Gasteiger partial charge in [0.1, 0.15) is 11.5 Å². The zero-order chi connectivity index (χ0) is 14.0. The monoisotopic (exact) mass is 433 g/mol. The molecule has 0 atom stereocenters. The van der Waals surface area contributed by atoms with E-state index in [2.05, 4.69) is 38.5 Å². The molecule has 0 N–H and O–H groups in total. The normalized spacial score (nSPS) is 10.5. The van der Waals surface area contributed by atoms with Crippen molar-refractivity contribution in [2.45, 2.75) is 13.5 Å². The van der Waals surface area contributed by atoms with Crippen LogP contribution in [0.15, 0.2) is 39.2 Å². The minimum absolute atomic E-state index is 0.0283. The van der Waals surface area contributed by atoms with Gasteiger partial charge in [-0.15, -0.1) is 0 Å². The highest BCUT2D eigenvalue weighted by atomic mass is 127. The first-order chi connectivity index (χ1) is 8.97. The van der Waals surface area contributed by atoms with Crippen LogP contribution in [0.3, 0.4) is 0 Å². The number of rotatable bonds is 3. The number of hydrogen-bond acceptors (Lipinski definition) is 2. The highest BCUT2D eigenvalue weighted by Gasteiger charge is 2.16. The Bertz CT molecular complexity index is 609. The van der Waals surface area contributed by atoms with Crippen molar-refractivity contribution in [1.29, 1.82) is 0 Å². The standard InChI is InChI=1S/C14H13BrINO2/c1-9-3-5-11(19-9)8-17(2)14(18)12-7-10(16)4-6-13(12)15/h3-7H,8H2,1-2H3. The Kier molecular flexibility index (Phi) is 4.67. The summed E-state index contributed by atoms with van der Waals surface area (Å²) in [6.45, 7) is 2.35. The molecule has 100 valence electrons. The summed E-state index contributed by atoms with van der Waals surface area (Å²) >= 11 is 5.61. The molecule has 0 saturated heterocycles. The first-order valence-corrected chi connectivity index (χ1v) is 7.60. The van der Waals surface area contributed by atoms with Gasteiger partial charge in [0.15, 0.2) is 0 Å². The van der Waals surface area contributed by atoms with Crippen molar-refractivity contribution < 1.29 is 9.21 Å². The van der Waals surface area contributed by atoms with Crippen molar-refractivity contribution >= 4 is 44.4 Å². The molecule has 19 heavy (non-hydrogen) atoms. The molecule has 0 bridgehead atoms. The van der Waals surface area contributed by atoms with E-state index in [9.17, 15) is 4.79 Å². The molecule has 0 saturated carbocycles. The number of amides is 1. The predicted octanol–water partition coefficient (Wildman–Crippen LogP) is 4.23. The average Bonchev–Trinajstić information content (AvgIpc) is 2.77. The lowest BCUT2D eigenvalue weighted by Gasteiger charge is -2.16. The van der Waals surface area contributed by atoms with Gasteiger partial charge in [-0.05, 0) is 75.8 Å². The summed E-state index contributed by atoms with van der Waals surface area (Å²) in [5.74, 6) is 1.61. The lowest BCUT2D eigenvalue weighted by molar-refractivity contribution is 0.0774. The SMILES string of the molecule is Cc1ccc(CN(C)C(=O)c2cc(I)ccc2Br)o1. The third kappa shape index (κ3) is 3.60. The fraction of sp³-hybridized carbons (Fsp3) is 0.214. The summed E-state index contributed by atoms with van der Waals surface area (Å²) in [4.78, 5) is 14.0. The van der Waals surface area contributed by atoms with Crippen LogP contribution in [0.5, 0.6) is 0 Å². The van der Waals surface area contributed by atoms with Crippen LogP contribution in [-0.2, 0) is 6.54 Å². The topological polar surface area (TPSA) is 33.5 Å². The predicted molar refractivity (Wildman–Crippen MR) is 86.1 cm³/mol. The zero-order valence-corrected chi connectivity index (χ0v) is 14.4. The molecule has 0 aliphatic carbocycles. The summed E-state index contributed by atoms with van der Waals surface area (Å²) < 4.78 is 7.33. The van der Waals surface area contributed by atoms with Crippen molar-refractivity contribution in [2.24, 2.45) is 0 Å². The lowest BCUT2D eigenvalue weighted by Crippen LogP contribution is -2.26. The molecule has 1 aromatic heterocycles. The van der Waals surface area contributed by atoms with E-state index in [4.69, 9.17) is 4.42 Å². The first kappa shape index (κ1) is 14.6.